The van der Waals surface area contributed by atoms with E-state index in [2.05, 4.69) is 45.9 Å². The molecule has 242 valence electrons. The number of nitro benzene ring substituents is 2. The maximum Gasteiger partial charge on any atom is 0.343 e. The Hall–Kier alpha value is -6.16. The molecule has 5 aromatic carbocycles. The molecule has 0 bridgehead atoms. The van der Waals surface area contributed by atoms with Crippen molar-refractivity contribution in [1.29, 1.82) is 0 Å². The highest BCUT2D eigenvalue weighted by Crippen LogP contribution is 2.38. The Kier molecular flexibility index (Phi) is 9.19. The molecule has 0 aromatic heterocycles. The van der Waals surface area contributed by atoms with Gasteiger partial charge < -0.3 is 9.47 Å². The van der Waals surface area contributed by atoms with E-state index in [1.165, 1.54) is 48.5 Å². The van der Waals surface area contributed by atoms with Crippen LogP contribution in [0.3, 0.4) is 0 Å². The number of ether oxygens (including phenoxy) is 2. The highest BCUT2D eigenvalue weighted by atomic mass is 16.6. The fourth-order valence-electron chi connectivity index (χ4n) is 5.33. The third-order valence-corrected chi connectivity index (χ3v) is 8.46. The lowest BCUT2D eigenvalue weighted by molar-refractivity contribution is -0.385. The molecule has 0 spiro atoms. The molecule has 0 fully saturated rings. The lowest BCUT2D eigenvalue weighted by atomic mass is 9.73. The summed E-state index contributed by atoms with van der Waals surface area (Å²) in [6.07, 6.45) is 0. The molecule has 0 aliphatic rings. The molecule has 0 amide bonds. The van der Waals surface area contributed by atoms with Gasteiger partial charge in [-0.25, -0.2) is 9.59 Å². The number of carbonyl (C=O) groups is 2. The average molecular weight is 645 g/mol. The van der Waals surface area contributed by atoms with Crippen LogP contribution < -0.4 is 9.47 Å². The molecule has 0 aliphatic carbocycles. The summed E-state index contributed by atoms with van der Waals surface area (Å²) in [7, 11) is 0. The number of non-ortho nitro benzene ring substituents is 2. The van der Waals surface area contributed by atoms with E-state index in [-0.39, 0.29) is 22.5 Å². The van der Waals surface area contributed by atoms with Gasteiger partial charge in [-0.05, 0) is 58.7 Å². The van der Waals surface area contributed by atoms with Crippen molar-refractivity contribution in [3.8, 4) is 11.5 Å². The van der Waals surface area contributed by atoms with E-state index in [0.29, 0.717) is 11.5 Å². The zero-order valence-electron chi connectivity index (χ0n) is 26.7. The second-order valence-electron chi connectivity index (χ2n) is 12.3. The van der Waals surface area contributed by atoms with Crippen molar-refractivity contribution < 1.29 is 28.9 Å². The number of hydrogen-bond donors (Lipinski definition) is 0. The summed E-state index contributed by atoms with van der Waals surface area (Å²) in [6.45, 7) is 8.42. The highest BCUT2D eigenvalue weighted by Gasteiger charge is 2.28. The van der Waals surface area contributed by atoms with E-state index in [1.54, 1.807) is 24.3 Å². The van der Waals surface area contributed by atoms with Gasteiger partial charge in [0.25, 0.3) is 11.4 Å². The zero-order valence-corrected chi connectivity index (χ0v) is 26.7. The van der Waals surface area contributed by atoms with E-state index >= 15 is 0 Å². The molecule has 10 nitrogen and oxygen atoms in total. The quantitative estimate of drug-likeness (QED) is 0.0637. The van der Waals surface area contributed by atoms with E-state index in [9.17, 15) is 29.8 Å². The lowest BCUT2D eigenvalue weighted by Gasteiger charge is -2.31. The van der Waals surface area contributed by atoms with Crippen molar-refractivity contribution in [3.63, 3.8) is 0 Å². The maximum absolute atomic E-state index is 12.6. The largest absolute Gasteiger partial charge is 0.423 e. The number of hydrogen-bond acceptors (Lipinski definition) is 8. The van der Waals surface area contributed by atoms with Crippen LogP contribution in [0.1, 0.15) is 70.7 Å². The molecule has 0 saturated heterocycles. The Morgan fingerprint density at radius 3 is 1.21 bits per heavy atom. The first kappa shape index (κ1) is 33.2. The Morgan fingerprint density at radius 2 is 0.854 bits per heavy atom. The summed E-state index contributed by atoms with van der Waals surface area (Å²) in [6, 6.07) is 33.5. The minimum absolute atomic E-state index is 0.0872. The van der Waals surface area contributed by atoms with Crippen molar-refractivity contribution in [2.24, 2.45) is 0 Å². The highest BCUT2D eigenvalue weighted by molar-refractivity contribution is 5.92. The second-order valence-corrected chi connectivity index (χ2v) is 12.3. The lowest BCUT2D eigenvalue weighted by Crippen LogP contribution is -2.23. The molecule has 0 N–H and O–H groups in total. The summed E-state index contributed by atoms with van der Waals surface area (Å²) in [5.41, 5.74) is 3.07. The van der Waals surface area contributed by atoms with Gasteiger partial charge in [-0.15, -0.1) is 0 Å². The zero-order chi connectivity index (χ0) is 34.6. The molecule has 0 saturated carbocycles. The Balaban J connectivity index is 1.29. The van der Waals surface area contributed by atoms with Gasteiger partial charge in [0.2, 0.25) is 0 Å². The van der Waals surface area contributed by atoms with E-state index in [1.807, 2.05) is 30.3 Å². The van der Waals surface area contributed by atoms with Gasteiger partial charge in [-0.3, -0.25) is 20.2 Å². The van der Waals surface area contributed by atoms with Crippen molar-refractivity contribution in [1.82, 2.24) is 0 Å². The first-order chi connectivity index (χ1) is 22.8. The molecular weight excluding hydrogens is 612 g/mol. The SMILES string of the molecule is CC(C)(c1ccc(OC(=O)c2cccc([N+](=O)[O-])c2)cc1)c1cccc(C(C)(C)c2ccc(OC(=O)c3cccc([N+](=O)[O-])c3)cc2)c1. The van der Waals surface area contributed by atoms with Crippen molar-refractivity contribution in [3.05, 3.63) is 175 Å². The average Bonchev–Trinajstić information content (AvgIpc) is 3.09. The third-order valence-electron chi connectivity index (χ3n) is 8.46. The fourth-order valence-corrected chi connectivity index (χ4v) is 5.33. The summed E-state index contributed by atoms with van der Waals surface area (Å²) in [5.74, 6) is -0.732. The maximum atomic E-state index is 12.6. The van der Waals surface area contributed by atoms with Crippen LogP contribution in [0.4, 0.5) is 11.4 Å². The normalized spacial score (nSPS) is 11.4. The van der Waals surface area contributed by atoms with Crippen LogP contribution in [0, 0.1) is 20.2 Å². The van der Waals surface area contributed by atoms with E-state index in [4.69, 9.17) is 9.47 Å². The van der Waals surface area contributed by atoms with Crippen LogP contribution in [-0.2, 0) is 10.8 Å². The topological polar surface area (TPSA) is 139 Å². The molecule has 5 aromatic rings. The smallest absolute Gasteiger partial charge is 0.343 e. The number of benzene rings is 5. The minimum Gasteiger partial charge on any atom is -0.423 e. The predicted molar refractivity (Wildman–Crippen MR) is 180 cm³/mol. The van der Waals surface area contributed by atoms with Crippen LogP contribution in [0.5, 0.6) is 11.5 Å². The van der Waals surface area contributed by atoms with Gasteiger partial charge in [0.05, 0.1) is 21.0 Å². The van der Waals surface area contributed by atoms with Gasteiger partial charge in [0.1, 0.15) is 11.5 Å². The number of rotatable bonds is 10. The van der Waals surface area contributed by atoms with Crippen LogP contribution in [0.2, 0.25) is 0 Å². The number of nitrogens with zero attached hydrogens (tertiary/aromatic N) is 2. The van der Waals surface area contributed by atoms with E-state index < -0.39 is 32.6 Å². The number of esters is 2. The van der Waals surface area contributed by atoms with Crippen LogP contribution in [-0.4, -0.2) is 21.8 Å². The Bertz CT molecular complexity index is 1870. The summed E-state index contributed by atoms with van der Waals surface area (Å²) >= 11 is 0. The Labute approximate surface area is 276 Å². The summed E-state index contributed by atoms with van der Waals surface area (Å²) in [4.78, 5) is 46.2. The first-order valence-electron chi connectivity index (χ1n) is 15.0. The molecular formula is C38H32N2O8. The van der Waals surface area contributed by atoms with Crippen LogP contribution in [0.25, 0.3) is 0 Å². The van der Waals surface area contributed by atoms with E-state index in [0.717, 1.165) is 22.3 Å². The molecule has 5 rings (SSSR count). The molecule has 0 aliphatic heterocycles. The van der Waals surface area contributed by atoms with Crippen molar-refractivity contribution >= 4 is 23.3 Å². The predicted octanol–water partition coefficient (Wildman–Crippen LogP) is 8.59. The summed E-state index contributed by atoms with van der Waals surface area (Å²) < 4.78 is 10.9. The second kappa shape index (κ2) is 13.3. The number of nitro groups is 2. The molecule has 0 heterocycles. The molecule has 0 unspecified atom stereocenters. The molecule has 0 radical (unpaired) electrons. The Morgan fingerprint density at radius 1 is 0.500 bits per heavy atom. The van der Waals surface area contributed by atoms with Crippen LogP contribution in [0.15, 0.2) is 121 Å². The van der Waals surface area contributed by atoms with Crippen LogP contribution >= 0.6 is 0 Å². The van der Waals surface area contributed by atoms with Gasteiger partial charge in [-0.2, -0.15) is 0 Å². The molecule has 0 atom stereocenters. The number of carbonyl (C=O) groups excluding carboxylic acids is 2. The monoisotopic (exact) mass is 644 g/mol. The summed E-state index contributed by atoms with van der Waals surface area (Å²) in [5, 5.41) is 22.1. The van der Waals surface area contributed by atoms with Crippen molar-refractivity contribution in [2.75, 3.05) is 0 Å². The van der Waals surface area contributed by atoms with Gasteiger partial charge in [0.15, 0.2) is 0 Å². The van der Waals surface area contributed by atoms with Crippen molar-refractivity contribution in [2.45, 2.75) is 38.5 Å². The molecule has 48 heavy (non-hydrogen) atoms. The van der Waals surface area contributed by atoms with Gasteiger partial charge in [-0.1, -0.05) is 88.4 Å². The van der Waals surface area contributed by atoms with Gasteiger partial charge >= 0.3 is 11.9 Å². The molecule has 10 heteroatoms. The first-order valence-corrected chi connectivity index (χ1v) is 15.0. The van der Waals surface area contributed by atoms with Gasteiger partial charge in [0, 0.05) is 35.1 Å². The third kappa shape index (κ3) is 7.13. The fraction of sp³-hybridized carbons (Fsp3) is 0.158. The standard InChI is InChI=1S/C38H32N2O8/c1-37(2,27-14-18-33(19-15-27)47-35(41)25-8-5-12-31(22-25)39(43)44)29-10-7-11-30(24-29)38(3,4)28-16-20-34(21-17-28)48-36(42)26-9-6-13-32(23-26)40(45)46/h5-24H,1-4H3. The minimum atomic E-state index is -0.686.